The Morgan fingerprint density at radius 1 is 1.18 bits per heavy atom. The van der Waals surface area contributed by atoms with Gasteiger partial charge in [0.2, 0.25) is 5.88 Å². The summed E-state index contributed by atoms with van der Waals surface area (Å²) in [5.74, 6) is 1.25. The van der Waals surface area contributed by atoms with Crippen LogP contribution in [0.15, 0.2) is 36.4 Å². The summed E-state index contributed by atoms with van der Waals surface area (Å²) >= 11 is 0. The Labute approximate surface area is 100 Å². The van der Waals surface area contributed by atoms with E-state index in [9.17, 15) is 0 Å². The van der Waals surface area contributed by atoms with Crippen molar-refractivity contribution in [2.75, 3.05) is 13.2 Å². The fourth-order valence-corrected chi connectivity index (χ4v) is 1.49. The van der Waals surface area contributed by atoms with Crippen LogP contribution in [0.2, 0.25) is 0 Å². The first-order valence-corrected chi connectivity index (χ1v) is 5.53. The van der Waals surface area contributed by atoms with Crippen LogP contribution in [0.5, 0.6) is 5.88 Å². The molecule has 0 unspecified atom stereocenters. The number of benzene rings is 1. The maximum atomic E-state index is 5.42. The topological polar surface area (TPSA) is 61.0 Å². The third-order valence-electron chi connectivity index (χ3n) is 2.23. The van der Waals surface area contributed by atoms with Crippen molar-refractivity contribution in [3.63, 3.8) is 0 Å². The zero-order valence-electron chi connectivity index (χ0n) is 9.76. The van der Waals surface area contributed by atoms with Gasteiger partial charge in [0.1, 0.15) is 6.61 Å². The lowest BCUT2D eigenvalue weighted by molar-refractivity contribution is 0.315. The van der Waals surface area contributed by atoms with Crippen molar-refractivity contribution in [1.29, 1.82) is 0 Å². The van der Waals surface area contributed by atoms with Gasteiger partial charge in [-0.1, -0.05) is 30.3 Å². The molecule has 1 heterocycles. The van der Waals surface area contributed by atoms with E-state index in [1.165, 1.54) is 0 Å². The van der Waals surface area contributed by atoms with Crippen molar-refractivity contribution >= 4 is 0 Å². The van der Waals surface area contributed by atoms with Gasteiger partial charge in [-0.15, -0.1) is 0 Å². The molecule has 4 heteroatoms. The highest BCUT2D eigenvalue weighted by Gasteiger charge is 2.04. The number of hydrogen-bond acceptors (Lipinski definition) is 4. The van der Waals surface area contributed by atoms with Crippen molar-refractivity contribution < 1.29 is 4.74 Å². The number of hydrogen-bond donors (Lipinski definition) is 1. The van der Waals surface area contributed by atoms with E-state index in [2.05, 4.69) is 9.97 Å². The Bertz CT molecular complexity index is 485. The monoisotopic (exact) mass is 229 g/mol. The van der Waals surface area contributed by atoms with Crippen LogP contribution >= 0.6 is 0 Å². The molecule has 88 valence electrons. The lowest BCUT2D eigenvalue weighted by Crippen LogP contribution is -2.11. The molecule has 0 bridgehead atoms. The Hall–Kier alpha value is -1.94. The molecule has 1 aromatic heterocycles. The van der Waals surface area contributed by atoms with Gasteiger partial charge in [0, 0.05) is 23.9 Å². The second-order valence-corrected chi connectivity index (χ2v) is 3.67. The molecule has 17 heavy (non-hydrogen) atoms. The first kappa shape index (κ1) is 11.5. The lowest BCUT2D eigenvalue weighted by atomic mass is 10.2. The van der Waals surface area contributed by atoms with Gasteiger partial charge in [-0.3, -0.25) is 0 Å². The standard InChI is InChI=1S/C13H15N3O/c1-10-9-12(17-8-7-14)16-13(15-10)11-5-3-2-4-6-11/h2-6,9H,7-8,14H2,1H3. The van der Waals surface area contributed by atoms with E-state index in [-0.39, 0.29) is 0 Å². The van der Waals surface area contributed by atoms with Crippen molar-refractivity contribution in [3.8, 4) is 17.3 Å². The Morgan fingerprint density at radius 3 is 2.65 bits per heavy atom. The summed E-state index contributed by atoms with van der Waals surface area (Å²) in [7, 11) is 0. The van der Waals surface area contributed by atoms with Crippen molar-refractivity contribution in [2.45, 2.75) is 6.92 Å². The molecular weight excluding hydrogens is 214 g/mol. The second kappa shape index (κ2) is 5.41. The van der Waals surface area contributed by atoms with Crippen LogP contribution in [-0.4, -0.2) is 23.1 Å². The smallest absolute Gasteiger partial charge is 0.217 e. The fraction of sp³-hybridized carbons (Fsp3) is 0.231. The zero-order chi connectivity index (χ0) is 12.1. The van der Waals surface area contributed by atoms with Gasteiger partial charge in [-0.05, 0) is 6.92 Å². The quantitative estimate of drug-likeness (QED) is 0.868. The van der Waals surface area contributed by atoms with Crippen LogP contribution in [0.4, 0.5) is 0 Å². The number of rotatable bonds is 4. The first-order valence-electron chi connectivity index (χ1n) is 5.53. The molecule has 2 aromatic rings. The molecule has 0 saturated carbocycles. The molecule has 0 spiro atoms. The van der Waals surface area contributed by atoms with E-state index in [0.717, 1.165) is 11.3 Å². The van der Waals surface area contributed by atoms with Gasteiger partial charge >= 0.3 is 0 Å². The van der Waals surface area contributed by atoms with Gasteiger partial charge in [0.25, 0.3) is 0 Å². The third kappa shape index (κ3) is 3.01. The highest BCUT2D eigenvalue weighted by atomic mass is 16.5. The highest BCUT2D eigenvalue weighted by molar-refractivity contribution is 5.55. The van der Waals surface area contributed by atoms with Crippen LogP contribution in [-0.2, 0) is 0 Å². The van der Waals surface area contributed by atoms with Gasteiger partial charge in [-0.2, -0.15) is 4.98 Å². The summed E-state index contributed by atoms with van der Waals surface area (Å²) < 4.78 is 5.42. The second-order valence-electron chi connectivity index (χ2n) is 3.67. The molecule has 2 rings (SSSR count). The van der Waals surface area contributed by atoms with E-state index in [4.69, 9.17) is 10.5 Å². The molecule has 4 nitrogen and oxygen atoms in total. The number of nitrogens with two attached hydrogens (primary N) is 1. The average molecular weight is 229 g/mol. The van der Waals surface area contributed by atoms with E-state index in [0.29, 0.717) is 24.9 Å². The van der Waals surface area contributed by atoms with E-state index in [1.807, 2.05) is 43.3 Å². The predicted octanol–water partition coefficient (Wildman–Crippen LogP) is 1.79. The molecule has 0 aliphatic carbocycles. The van der Waals surface area contributed by atoms with Crippen molar-refractivity contribution in [3.05, 3.63) is 42.1 Å². The molecule has 2 N–H and O–H groups in total. The van der Waals surface area contributed by atoms with Crippen LogP contribution in [0.25, 0.3) is 11.4 Å². The maximum Gasteiger partial charge on any atom is 0.217 e. The molecule has 0 amide bonds. The highest BCUT2D eigenvalue weighted by Crippen LogP contribution is 2.18. The van der Waals surface area contributed by atoms with E-state index in [1.54, 1.807) is 0 Å². The summed E-state index contributed by atoms with van der Waals surface area (Å²) in [6.45, 7) is 2.86. The average Bonchev–Trinajstić information content (AvgIpc) is 2.37. The number of aromatic nitrogens is 2. The van der Waals surface area contributed by atoms with Crippen molar-refractivity contribution in [1.82, 2.24) is 9.97 Å². The Morgan fingerprint density at radius 2 is 1.94 bits per heavy atom. The Kier molecular flexibility index (Phi) is 3.67. The van der Waals surface area contributed by atoms with E-state index < -0.39 is 0 Å². The summed E-state index contributed by atoms with van der Waals surface area (Å²) in [4.78, 5) is 8.74. The molecule has 0 aliphatic rings. The maximum absolute atomic E-state index is 5.42. The zero-order valence-corrected chi connectivity index (χ0v) is 9.76. The molecule has 0 aliphatic heterocycles. The fourth-order valence-electron chi connectivity index (χ4n) is 1.49. The summed E-state index contributed by atoms with van der Waals surface area (Å²) in [5.41, 5.74) is 7.26. The van der Waals surface area contributed by atoms with Crippen LogP contribution in [0.3, 0.4) is 0 Å². The van der Waals surface area contributed by atoms with Crippen LogP contribution in [0, 0.1) is 6.92 Å². The normalized spacial score (nSPS) is 10.2. The van der Waals surface area contributed by atoms with Crippen LogP contribution < -0.4 is 10.5 Å². The SMILES string of the molecule is Cc1cc(OCCN)nc(-c2ccccc2)n1. The molecule has 0 saturated heterocycles. The lowest BCUT2D eigenvalue weighted by Gasteiger charge is -2.07. The molecule has 0 fully saturated rings. The molecule has 0 radical (unpaired) electrons. The molecule has 0 atom stereocenters. The van der Waals surface area contributed by atoms with Gasteiger partial charge in [0.15, 0.2) is 5.82 Å². The number of aryl methyl sites for hydroxylation is 1. The molecular formula is C13H15N3O. The first-order chi connectivity index (χ1) is 8.29. The third-order valence-corrected chi connectivity index (χ3v) is 2.23. The predicted molar refractivity (Wildman–Crippen MR) is 66.8 cm³/mol. The summed E-state index contributed by atoms with van der Waals surface area (Å²) in [5, 5.41) is 0. The largest absolute Gasteiger partial charge is 0.476 e. The van der Waals surface area contributed by atoms with Crippen molar-refractivity contribution in [2.24, 2.45) is 5.73 Å². The molecule has 1 aromatic carbocycles. The Balaban J connectivity index is 2.32. The summed E-state index contributed by atoms with van der Waals surface area (Å²) in [6.07, 6.45) is 0. The number of ether oxygens (including phenoxy) is 1. The number of nitrogens with zero attached hydrogens (tertiary/aromatic N) is 2. The van der Waals surface area contributed by atoms with E-state index >= 15 is 0 Å². The minimum absolute atomic E-state index is 0.463. The van der Waals surface area contributed by atoms with Crippen LogP contribution in [0.1, 0.15) is 5.69 Å². The van der Waals surface area contributed by atoms with Gasteiger partial charge in [-0.25, -0.2) is 4.98 Å². The van der Waals surface area contributed by atoms with Gasteiger partial charge in [0.05, 0.1) is 0 Å². The summed E-state index contributed by atoms with van der Waals surface area (Å²) in [6, 6.07) is 11.6. The minimum Gasteiger partial charge on any atom is -0.476 e. The minimum atomic E-state index is 0.463. The van der Waals surface area contributed by atoms with Gasteiger partial charge < -0.3 is 10.5 Å².